The number of ketones is 2. The molecule has 0 saturated heterocycles. The number of rotatable bonds is 6. The fourth-order valence-corrected chi connectivity index (χ4v) is 2.27. The molecule has 3 heteroatoms. The standard InChI is InChI=1S/C18H17FO2/c1-2-13-6-3-4-9-16(13)18(21)11-10-17(20)14-7-5-8-15(19)12-14/h3-9,12H,2,10-11H2,1H3. The first-order valence-corrected chi connectivity index (χ1v) is 7.01. The van der Waals surface area contributed by atoms with E-state index >= 15 is 0 Å². The Morgan fingerprint density at radius 1 is 0.952 bits per heavy atom. The quantitative estimate of drug-likeness (QED) is 0.744. The summed E-state index contributed by atoms with van der Waals surface area (Å²) in [6.07, 6.45) is 1.02. The molecule has 2 nitrogen and oxygen atoms in total. The first-order valence-electron chi connectivity index (χ1n) is 7.01. The molecule has 0 heterocycles. The van der Waals surface area contributed by atoms with Crippen molar-refractivity contribution in [2.45, 2.75) is 26.2 Å². The summed E-state index contributed by atoms with van der Waals surface area (Å²) in [6.45, 7) is 1.99. The fourth-order valence-electron chi connectivity index (χ4n) is 2.27. The van der Waals surface area contributed by atoms with E-state index in [-0.39, 0.29) is 24.4 Å². The number of carbonyl (C=O) groups excluding carboxylic acids is 2. The number of benzene rings is 2. The highest BCUT2D eigenvalue weighted by molar-refractivity contribution is 6.02. The topological polar surface area (TPSA) is 34.1 Å². The van der Waals surface area contributed by atoms with Crippen molar-refractivity contribution in [2.75, 3.05) is 0 Å². The highest BCUT2D eigenvalue weighted by atomic mass is 19.1. The third-order valence-corrected chi connectivity index (χ3v) is 3.42. The second-order valence-corrected chi connectivity index (χ2v) is 4.87. The van der Waals surface area contributed by atoms with Crippen molar-refractivity contribution >= 4 is 11.6 Å². The molecule has 0 N–H and O–H groups in total. The smallest absolute Gasteiger partial charge is 0.163 e. The Labute approximate surface area is 123 Å². The SMILES string of the molecule is CCc1ccccc1C(=O)CCC(=O)c1cccc(F)c1. The van der Waals surface area contributed by atoms with Crippen molar-refractivity contribution in [1.29, 1.82) is 0 Å². The molecule has 0 amide bonds. The molecule has 2 aromatic carbocycles. The summed E-state index contributed by atoms with van der Waals surface area (Å²) >= 11 is 0. The van der Waals surface area contributed by atoms with E-state index in [0.29, 0.717) is 11.1 Å². The van der Waals surface area contributed by atoms with E-state index in [0.717, 1.165) is 12.0 Å². The highest BCUT2D eigenvalue weighted by Gasteiger charge is 2.13. The molecule has 0 aromatic heterocycles. The zero-order valence-corrected chi connectivity index (χ0v) is 11.9. The molecule has 0 aliphatic rings. The monoisotopic (exact) mass is 284 g/mol. The van der Waals surface area contributed by atoms with Crippen LogP contribution in [0.3, 0.4) is 0 Å². The third-order valence-electron chi connectivity index (χ3n) is 3.42. The molecule has 0 saturated carbocycles. The zero-order valence-electron chi connectivity index (χ0n) is 11.9. The van der Waals surface area contributed by atoms with E-state index in [1.54, 1.807) is 12.1 Å². The van der Waals surface area contributed by atoms with Crippen LogP contribution >= 0.6 is 0 Å². The van der Waals surface area contributed by atoms with Crippen molar-refractivity contribution in [2.24, 2.45) is 0 Å². The molecule has 2 rings (SSSR count). The average molecular weight is 284 g/mol. The maximum atomic E-state index is 13.1. The molecular formula is C18H17FO2. The number of hydrogen-bond donors (Lipinski definition) is 0. The van der Waals surface area contributed by atoms with Crippen LogP contribution in [-0.4, -0.2) is 11.6 Å². The molecule has 0 spiro atoms. The maximum Gasteiger partial charge on any atom is 0.163 e. The first-order chi connectivity index (χ1) is 10.1. The van der Waals surface area contributed by atoms with Gasteiger partial charge in [0.05, 0.1) is 0 Å². The molecule has 0 bridgehead atoms. The first kappa shape index (κ1) is 15.1. The molecule has 0 unspecified atom stereocenters. The zero-order chi connectivity index (χ0) is 15.2. The number of hydrogen-bond acceptors (Lipinski definition) is 2. The summed E-state index contributed by atoms with van der Waals surface area (Å²) in [4.78, 5) is 24.2. The van der Waals surface area contributed by atoms with Crippen LogP contribution in [0.2, 0.25) is 0 Å². The Morgan fingerprint density at radius 3 is 2.38 bits per heavy atom. The Balaban J connectivity index is 2.02. The van der Waals surface area contributed by atoms with Crippen LogP contribution < -0.4 is 0 Å². The minimum Gasteiger partial charge on any atom is -0.294 e. The van der Waals surface area contributed by atoms with Gasteiger partial charge in [0, 0.05) is 24.0 Å². The summed E-state index contributed by atoms with van der Waals surface area (Å²) in [6, 6.07) is 13.0. The van der Waals surface area contributed by atoms with Gasteiger partial charge in [0.15, 0.2) is 11.6 Å². The molecule has 0 atom stereocenters. The predicted octanol–water partition coefficient (Wildman–Crippen LogP) is 4.23. The summed E-state index contributed by atoms with van der Waals surface area (Å²) < 4.78 is 13.1. The molecular weight excluding hydrogens is 267 g/mol. The van der Waals surface area contributed by atoms with Crippen LogP contribution in [0.5, 0.6) is 0 Å². The van der Waals surface area contributed by atoms with Crippen molar-refractivity contribution in [3.8, 4) is 0 Å². The Bertz CT molecular complexity index is 662. The number of carbonyl (C=O) groups is 2. The summed E-state index contributed by atoms with van der Waals surface area (Å²) in [7, 11) is 0. The molecule has 108 valence electrons. The van der Waals surface area contributed by atoms with Crippen molar-refractivity contribution in [3.63, 3.8) is 0 Å². The maximum absolute atomic E-state index is 13.1. The molecule has 0 fully saturated rings. The van der Waals surface area contributed by atoms with Gasteiger partial charge in [-0.3, -0.25) is 9.59 Å². The molecule has 0 aliphatic heterocycles. The molecule has 2 aromatic rings. The van der Waals surface area contributed by atoms with Gasteiger partial charge in [-0.2, -0.15) is 0 Å². The Morgan fingerprint density at radius 2 is 1.67 bits per heavy atom. The van der Waals surface area contributed by atoms with E-state index in [9.17, 15) is 14.0 Å². The number of Topliss-reactive ketones (excluding diaryl/α,β-unsaturated/α-hetero) is 2. The number of aryl methyl sites for hydroxylation is 1. The van der Waals surface area contributed by atoms with Gasteiger partial charge in [-0.15, -0.1) is 0 Å². The van der Waals surface area contributed by atoms with Gasteiger partial charge in [-0.1, -0.05) is 43.3 Å². The van der Waals surface area contributed by atoms with Gasteiger partial charge in [-0.25, -0.2) is 4.39 Å². The van der Waals surface area contributed by atoms with Crippen LogP contribution in [0.15, 0.2) is 48.5 Å². The average Bonchev–Trinajstić information content (AvgIpc) is 2.52. The second kappa shape index (κ2) is 6.93. The number of halogens is 1. The van der Waals surface area contributed by atoms with Crippen LogP contribution in [-0.2, 0) is 6.42 Å². The largest absolute Gasteiger partial charge is 0.294 e. The van der Waals surface area contributed by atoms with Gasteiger partial charge in [0.1, 0.15) is 5.82 Å². The van der Waals surface area contributed by atoms with Crippen molar-refractivity contribution < 1.29 is 14.0 Å². The Hall–Kier alpha value is -2.29. The van der Waals surface area contributed by atoms with Crippen LogP contribution in [0.1, 0.15) is 46.0 Å². The van der Waals surface area contributed by atoms with E-state index in [1.807, 2.05) is 25.1 Å². The summed E-state index contributed by atoms with van der Waals surface area (Å²) in [5.74, 6) is -0.697. The minimum atomic E-state index is -0.441. The minimum absolute atomic E-state index is 0.0443. The van der Waals surface area contributed by atoms with Gasteiger partial charge in [0.25, 0.3) is 0 Å². The van der Waals surface area contributed by atoms with Crippen molar-refractivity contribution in [3.05, 3.63) is 71.0 Å². The van der Waals surface area contributed by atoms with Gasteiger partial charge < -0.3 is 0 Å². The van der Waals surface area contributed by atoms with Crippen molar-refractivity contribution in [1.82, 2.24) is 0 Å². The lowest BCUT2D eigenvalue weighted by Gasteiger charge is -2.06. The third kappa shape index (κ3) is 3.85. The Kier molecular flexibility index (Phi) is 4.99. The van der Waals surface area contributed by atoms with Crippen LogP contribution in [0.25, 0.3) is 0 Å². The predicted molar refractivity (Wildman–Crippen MR) is 80.1 cm³/mol. The van der Waals surface area contributed by atoms with Gasteiger partial charge >= 0.3 is 0 Å². The lowest BCUT2D eigenvalue weighted by Crippen LogP contribution is -2.07. The van der Waals surface area contributed by atoms with E-state index in [1.165, 1.54) is 18.2 Å². The van der Waals surface area contributed by atoms with Gasteiger partial charge in [-0.05, 0) is 24.1 Å². The molecule has 0 radical (unpaired) electrons. The fraction of sp³-hybridized carbons (Fsp3) is 0.222. The highest BCUT2D eigenvalue weighted by Crippen LogP contribution is 2.15. The molecule has 21 heavy (non-hydrogen) atoms. The lowest BCUT2D eigenvalue weighted by atomic mass is 9.97. The van der Waals surface area contributed by atoms with E-state index in [2.05, 4.69) is 0 Å². The molecule has 0 aliphatic carbocycles. The normalized spacial score (nSPS) is 10.4. The van der Waals surface area contributed by atoms with Crippen LogP contribution in [0, 0.1) is 5.82 Å². The summed E-state index contributed by atoms with van der Waals surface area (Å²) in [5, 5.41) is 0. The van der Waals surface area contributed by atoms with Crippen LogP contribution in [0.4, 0.5) is 4.39 Å². The van der Waals surface area contributed by atoms with E-state index in [4.69, 9.17) is 0 Å². The summed E-state index contributed by atoms with van der Waals surface area (Å²) in [5.41, 5.74) is 1.97. The second-order valence-electron chi connectivity index (χ2n) is 4.87. The van der Waals surface area contributed by atoms with Gasteiger partial charge in [0.2, 0.25) is 0 Å². The lowest BCUT2D eigenvalue weighted by molar-refractivity contribution is 0.0917. The van der Waals surface area contributed by atoms with E-state index < -0.39 is 5.82 Å².